The highest BCUT2D eigenvalue weighted by molar-refractivity contribution is 5.86. The maximum atomic E-state index is 12.1. The van der Waals surface area contributed by atoms with Crippen LogP contribution in [-0.4, -0.2) is 42.5 Å². The van der Waals surface area contributed by atoms with Gasteiger partial charge in [0.15, 0.2) is 0 Å². The van der Waals surface area contributed by atoms with Crippen molar-refractivity contribution in [3.8, 4) is 0 Å². The molecule has 4 nitrogen and oxygen atoms in total. The second-order valence-electron chi connectivity index (χ2n) is 6.12. The molecular weight excluding hydrogens is 262 g/mol. The molecule has 0 bridgehead atoms. The van der Waals surface area contributed by atoms with Gasteiger partial charge in [0, 0.05) is 12.1 Å². The molecule has 0 saturated heterocycles. The van der Waals surface area contributed by atoms with E-state index in [-0.39, 0.29) is 18.3 Å². The molecule has 0 aromatic carbocycles. The quantitative estimate of drug-likeness (QED) is 0.813. The van der Waals surface area contributed by atoms with E-state index < -0.39 is 5.54 Å². The third kappa shape index (κ3) is 5.67. The van der Waals surface area contributed by atoms with Crippen molar-refractivity contribution in [1.82, 2.24) is 10.2 Å². The average Bonchev–Trinajstić information content (AvgIpc) is 2.29. The highest BCUT2D eigenvalue weighted by Crippen LogP contribution is 2.22. The fraction of sp³-hybridized carbons (Fsp3) is 0.929. The molecule has 0 heterocycles. The summed E-state index contributed by atoms with van der Waals surface area (Å²) in [6.07, 6.45) is 6.21. The normalized spacial score (nSPS) is 26.4. The summed E-state index contributed by atoms with van der Waals surface area (Å²) in [6.45, 7) is 3.89. The Bertz CT molecular complexity index is 282. The molecule has 1 fully saturated rings. The van der Waals surface area contributed by atoms with Gasteiger partial charge in [0.25, 0.3) is 0 Å². The van der Waals surface area contributed by atoms with Gasteiger partial charge in [0.05, 0.1) is 5.54 Å². The monoisotopic (exact) mass is 291 g/mol. The van der Waals surface area contributed by atoms with E-state index in [9.17, 15) is 4.79 Å². The number of rotatable bonds is 5. The van der Waals surface area contributed by atoms with Crippen molar-refractivity contribution in [2.75, 3.05) is 14.1 Å². The lowest BCUT2D eigenvalue weighted by Gasteiger charge is -2.35. The molecular formula is C14H30ClN3O. The number of amides is 1. The minimum absolute atomic E-state index is 0. The first-order valence-corrected chi connectivity index (χ1v) is 7.13. The molecule has 1 amide bonds. The Morgan fingerprint density at radius 3 is 2.58 bits per heavy atom. The van der Waals surface area contributed by atoms with Crippen LogP contribution in [0.25, 0.3) is 0 Å². The second kappa shape index (κ2) is 8.08. The van der Waals surface area contributed by atoms with Gasteiger partial charge >= 0.3 is 0 Å². The predicted molar refractivity (Wildman–Crippen MR) is 82.6 cm³/mol. The molecule has 3 atom stereocenters. The lowest BCUT2D eigenvalue weighted by atomic mass is 9.89. The summed E-state index contributed by atoms with van der Waals surface area (Å²) in [7, 11) is 4.22. The molecule has 5 heteroatoms. The molecule has 0 aromatic rings. The van der Waals surface area contributed by atoms with Crippen LogP contribution < -0.4 is 11.1 Å². The van der Waals surface area contributed by atoms with Crippen molar-refractivity contribution in [3.63, 3.8) is 0 Å². The van der Waals surface area contributed by atoms with Crippen LogP contribution in [0, 0.1) is 0 Å². The summed E-state index contributed by atoms with van der Waals surface area (Å²) in [5.41, 5.74) is 5.34. The molecule has 3 N–H and O–H groups in total. The van der Waals surface area contributed by atoms with E-state index in [0.717, 1.165) is 25.7 Å². The van der Waals surface area contributed by atoms with E-state index in [2.05, 4.69) is 31.2 Å². The summed E-state index contributed by atoms with van der Waals surface area (Å²) < 4.78 is 0. The minimum Gasteiger partial charge on any atom is -0.352 e. The summed E-state index contributed by atoms with van der Waals surface area (Å²) in [5, 5.41) is 3.14. The fourth-order valence-electron chi connectivity index (χ4n) is 2.75. The number of carbonyl (C=O) groups is 1. The van der Waals surface area contributed by atoms with Crippen LogP contribution in [-0.2, 0) is 4.79 Å². The molecule has 114 valence electrons. The second-order valence-corrected chi connectivity index (χ2v) is 6.12. The highest BCUT2D eigenvalue weighted by Gasteiger charge is 2.31. The first-order chi connectivity index (χ1) is 8.36. The Balaban J connectivity index is 0.00000324. The predicted octanol–water partition coefficient (Wildman–Crippen LogP) is 1.91. The molecule has 0 aromatic heterocycles. The molecule has 0 spiro atoms. The van der Waals surface area contributed by atoms with E-state index in [1.54, 1.807) is 0 Å². The van der Waals surface area contributed by atoms with Crippen molar-refractivity contribution in [2.45, 2.75) is 70.0 Å². The summed E-state index contributed by atoms with van der Waals surface area (Å²) in [4.78, 5) is 14.4. The van der Waals surface area contributed by atoms with E-state index in [1.165, 1.54) is 12.8 Å². The topological polar surface area (TPSA) is 58.4 Å². The van der Waals surface area contributed by atoms with Crippen LogP contribution in [0.2, 0.25) is 0 Å². The van der Waals surface area contributed by atoms with Crippen molar-refractivity contribution >= 4 is 18.3 Å². The fourth-order valence-corrected chi connectivity index (χ4v) is 2.75. The number of nitrogens with one attached hydrogen (secondary N) is 1. The maximum Gasteiger partial charge on any atom is 0.240 e. The standard InChI is InChI=1S/C14H29N3O.ClH/c1-5-9-14(2,15)13(18)16-11-7-6-8-12(10-11)17(3)4;/h11-12H,5-10,15H2,1-4H3,(H,16,18);1H. The molecule has 1 saturated carbocycles. The van der Waals surface area contributed by atoms with Gasteiger partial charge < -0.3 is 16.0 Å². The largest absolute Gasteiger partial charge is 0.352 e. The zero-order valence-corrected chi connectivity index (χ0v) is 13.6. The lowest BCUT2D eigenvalue weighted by Crippen LogP contribution is -2.55. The molecule has 19 heavy (non-hydrogen) atoms. The number of hydrogen-bond acceptors (Lipinski definition) is 3. The van der Waals surface area contributed by atoms with E-state index in [0.29, 0.717) is 12.1 Å². The number of hydrogen-bond donors (Lipinski definition) is 2. The van der Waals surface area contributed by atoms with Crippen LogP contribution in [0.1, 0.15) is 52.4 Å². The Morgan fingerprint density at radius 2 is 2.05 bits per heavy atom. The highest BCUT2D eigenvalue weighted by atomic mass is 35.5. The van der Waals surface area contributed by atoms with E-state index >= 15 is 0 Å². The van der Waals surface area contributed by atoms with Crippen LogP contribution in [0.4, 0.5) is 0 Å². The third-order valence-corrected chi connectivity index (χ3v) is 4.00. The number of halogens is 1. The average molecular weight is 292 g/mol. The molecule has 3 unspecified atom stereocenters. The Hall–Kier alpha value is -0.320. The van der Waals surface area contributed by atoms with Gasteiger partial charge in [-0.3, -0.25) is 4.79 Å². The first kappa shape index (κ1) is 18.7. The van der Waals surface area contributed by atoms with Crippen molar-refractivity contribution < 1.29 is 4.79 Å². The molecule has 0 aliphatic heterocycles. The summed E-state index contributed by atoms with van der Waals surface area (Å²) in [5.74, 6) is 0.00811. The maximum absolute atomic E-state index is 12.1. The van der Waals surface area contributed by atoms with Gasteiger partial charge in [-0.25, -0.2) is 0 Å². The lowest BCUT2D eigenvalue weighted by molar-refractivity contribution is -0.127. The zero-order chi connectivity index (χ0) is 13.8. The van der Waals surface area contributed by atoms with Crippen molar-refractivity contribution in [3.05, 3.63) is 0 Å². The minimum atomic E-state index is -0.722. The summed E-state index contributed by atoms with van der Waals surface area (Å²) >= 11 is 0. The zero-order valence-electron chi connectivity index (χ0n) is 12.7. The Morgan fingerprint density at radius 1 is 1.42 bits per heavy atom. The van der Waals surface area contributed by atoms with Gasteiger partial charge in [-0.2, -0.15) is 0 Å². The van der Waals surface area contributed by atoms with Gasteiger partial charge in [0.1, 0.15) is 0 Å². The van der Waals surface area contributed by atoms with Gasteiger partial charge in [-0.1, -0.05) is 13.3 Å². The number of carbonyl (C=O) groups excluding carboxylic acids is 1. The van der Waals surface area contributed by atoms with Crippen molar-refractivity contribution in [1.29, 1.82) is 0 Å². The van der Waals surface area contributed by atoms with Crippen LogP contribution >= 0.6 is 12.4 Å². The number of nitrogens with zero attached hydrogens (tertiary/aromatic N) is 1. The third-order valence-electron chi connectivity index (χ3n) is 4.00. The molecule has 1 aliphatic carbocycles. The van der Waals surface area contributed by atoms with Crippen LogP contribution in [0.15, 0.2) is 0 Å². The van der Waals surface area contributed by atoms with Gasteiger partial charge in [-0.15, -0.1) is 12.4 Å². The Labute approximate surface area is 123 Å². The molecule has 1 rings (SSSR count). The van der Waals surface area contributed by atoms with Crippen molar-refractivity contribution in [2.24, 2.45) is 5.73 Å². The van der Waals surface area contributed by atoms with Gasteiger partial charge in [-0.05, 0) is 53.1 Å². The summed E-state index contributed by atoms with van der Waals surface area (Å²) in [6, 6.07) is 0.873. The Kier molecular flexibility index (Phi) is 7.94. The molecule has 0 radical (unpaired) electrons. The van der Waals surface area contributed by atoms with Crippen LogP contribution in [0.3, 0.4) is 0 Å². The SMILES string of the molecule is CCCC(C)(N)C(=O)NC1CCCC(N(C)C)C1.Cl. The molecule has 1 aliphatic rings. The first-order valence-electron chi connectivity index (χ1n) is 7.13. The smallest absolute Gasteiger partial charge is 0.240 e. The van der Waals surface area contributed by atoms with Gasteiger partial charge in [0.2, 0.25) is 5.91 Å². The van der Waals surface area contributed by atoms with E-state index in [4.69, 9.17) is 5.73 Å². The van der Waals surface area contributed by atoms with Crippen LogP contribution in [0.5, 0.6) is 0 Å². The van der Waals surface area contributed by atoms with E-state index in [1.807, 2.05) is 6.92 Å². The number of nitrogens with two attached hydrogens (primary N) is 1.